The van der Waals surface area contributed by atoms with Gasteiger partial charge < -0.3 is 14.2 Å². The molecule has 0 bridgehead atoms. The van der Waals surface area contributed by atoms with Crippen LogP contribution in [0.3, 0.4) is 0 Å². The van der Waals surface area contributed by atoms with Crippen molar-refractivity contribution in [1.82, 2.24) is 4.90 Å². The molecule has 1 aromatic rings. The molecular weight excluding hydrogens is 349 g/mol. The van der Waals surface area contributed by atoms with E-state index in [1.807, 2.05) is 0 Å². The minimum absolute atomic E-state index is 0.104. The van der Waals surface area contributed by atoms with Gasteiger partial charge in [-0.2, -0.15) is 0 Å². The van der Waals surface area contributed by atoms with Crippen molar-refractivity contribution in [3.05, 3.63) is 41.9 Å². The summed E-state index contributed by atoms with van der Waals surface area (Å²) < 4.78 is 30.5. The number of methoxy groups -OCH3 is 1. The van der Waals surface area contributed by atoms with E-state index in [2.05, 4.69) is 4.90 Å². The topological polar surface area (TPSA) is 48.0 Å². The van der Waals surface area contributed by atoms with Gasteiger partial charge in [-0.05, 0) is 37.0 Å². The molecule has 4 atom stereocenters. The highest BCUT2D eigenvalue weighted by Crippen LogP contribution is 2.41. The normalized spacial score (nSPS) is 30.9. The zero-order valence-electron chi connectivity index (χ0n) is 15.6. The summed E-state index contributed by atoms with van der Waals surface area (Å²) in [4.78, 5) is 15.4. The number of rotatable bonds is 5. The van der Waals surface area contributed by atoms with Crippen molar-refractivity contribution in [1.29, 1.82) is 0 Å². The summed E-state index contributed by atoms with van der Waals surface area (Å²) in [5.74, 6) is -0.170. The zero-order chi connectivity index (χ0) is 18.8. The molecule has 0 radical (unpaired) electrons. The first-order chi connectivity index (χ1) is 13.2. The maximum atomic E-state index is 13.2. The van der Waals surface area contributed by atoms with Crippen LogP contribution in [0.5, 0.6) is 0 Å². The third-order valence-electron chi connectivity index (χ3n) is 5.92. The molecule has 146 valence electrons. The minimum atomic E-state index is -0.310. The lowest BCUT2D eigenvalue weighted by Gasteiger charge is -2.48. The largest absolute Gasteiger partial charge is 0.496 e. The molecule has 1 saturated carbocycles. The first-order valence-electron chi connectivity index (χ1n) is 9.66. The van der Waals surface area contributed by atoms with E-state index in [1.54, 1.807) is 25.5 Å². The number of halogens is 1. The number of carbonyl (C=O) groups is 1. The number of carbonyl (C=O) groups excluding carboxylic acids is 1. The van der Waals surface area contributed by atoms with E-state index in [4.69, 9.17) is 14.2 Å². The number of fused-ring (bicyclic) bond motifs is 3. The number of ketones is 1. The quantitative estimate of drug-likeness (QED) is 0.741. The maximum Gasteiger partial charge on any atom is 0.173 e. The second kappa shape index (κ2) is 8.09. The lowest BCUT2D eigenvalue weighted by molar-refractivity contribution is -0.170. The molecule has 5 nitrogen and oxygen atoms in total. The molecule has 1 saturated heterocycles. The van der Waals surface area contributed by atoms with Crippen LogP contribution in [-0.4, -0.2) is 56.4 Å². The number of Topliss-reactive ketones (excluding diaryl/α,β-unsaturated/α-hetero) is 1. The average Bonchev–Trinajstić information content (AvgIpc) is 2.69. The fourth-order valence-electron chi connectivity index (χ4n) is 4.52. The third kappa shape index (κ3) is 3.79. The summed E-state index contributed by atoms with van der Waals surface area (Å²) in [6.45, 7) is 3.16. The Labute approximate surface area is 159 Å². The molecule has 2 heterocycles. The molecular formula is C21H26FNO4. The van der Waals surface area contributed by atoms with E-state index in [0.29, 0.717) is 17.9 Å². The standard InChI is InChI=1S/C21H26FNO4/c1-25-10-2-9-23-11-17-19(27-13-23)8-7-16-20(24)18(12-26-21(16)17)14-3-5-15(22)6-4-14/h3-6,12,16-17,19,21H,2,7-11,13H2,1H3. The van der Waals surface area contributed by atoms with Crippen LogP contribution in [0.25, 0.3) is 5.57 Å². The Kier molecular flexibility index (Phi) is 5.57. The van der Waals surface area contributed by atoms with Gasteiger partial charge in [-0.1, -0.05) is 12.1 Å². The van der Waals surface area contributed by atoms with Crippen LogP contribution >= 0.6 is 0 Å². The number of allylic oxidation sites excluding steroid dienone is 1. The first-order valence-corrected chi connectivity index (χ1v) is 9.66. The SMILES string of the molecule is COCCCN1COC2CCC3C(=O)C(c4ccc(F)cc4)=COC3C2C1. The van der Waals surface area contributed by atoms with Crippen molar-refractivity contribution in [3.63, 3.8) is 0 Å². The van der Waals surface area contributed by atoms with Crippen molar-refractivity contribution in [2.75, 3.05) is 33.5 Å². The van der Waals surface area contributed by atoms with Gasteiger partial charge in [-0.15, -0.1) is 0 Å². The molecule has 27 heavy (non-hydrogen) atoms. The lowest BCUT2D eigenvalue weighted by atomic mass is 9.71. The van der Waals surface area contributed by atoms with E-state index in [-0.39, 0.29) is 35.6 Å². The Bertz CT molecular complexity index is 703. The van der Waals surface area contributed by atoms with Crippen molar-refractivity contribution < 1.29 is 23.4 Å². The van der Waals surface area contributed by atoms with Gasteiger partial charge in [-0.25, -0.2) is 4.39 Å². The fraction of sp³-hybridized carbons (Fsp3) is 0.571. The Hall–Kier alpha value is -1.76. The van der Waals surface area contributed by atoms with Gasteiger partial charge in [0, 0.05) is 32.7 Å². The number of benzene rings is 1. The summed E-state index contributed by atoms with van der Waals surface area (Å²) in [7, 11) is 1.71. The minimum Gasteiger partial charge on any atom is -0.496 e. The van der Waals surface area contributed by atoms with Gasteiger partial charge >= 0.3 is 0 Å². The van der Waals surface area contributed by atoms with Crippen LogP contribution in [0.1, 0.15) is 24.8 Å². The molecule has 2 aliphatic heterocycles. The highest BCUT2D eigenvalue weighted by atomic mass is 19.1. The van der Waals surface area contributed by atoms with Gasteiger partial charge in [0.2, 0.25) is 0 Å². The average molecular weight is 375 g/mol. The van der Waals surface area contributed by atoms with E-state index in [0.717, 1.165) is 39.0 Å². The van der Waals surface area contributed by atoms with E-state index in [1.165, 1.54) is 12.1 Å². The van der Waals surface area contributed by atoms with Crippen LogP contribution in [0, 0.1) is 17.7 Å². The molecule has 4 rings (SSSR count). The van der Waals surface area contributed by atoms with Crippen LogP contribution in [0.2, 0.25) is 0 Å². The number of hydrogen-bond donors (Lipinski definition) is 0. The monoisotopic (exact) mass is 375 g/mol. The highest BCUT2D eigenvalue weighted by Gasteiger charge is 2.48. The fourth-order valence-corrected chi connectivity index (χ4v) is 4.52. The van der Waals surface area contributed by atoms with E-state index < -0.39 is 0 Å². The number of ether oxygens (including phenoxy) is 3. The molecule has 3 aliphatic rings. The summed E-state index contributed by atoms with van der Waals surface area (Å²) in [5.41, 5.74) is 1.26. The van der Waals surface area contributed by atoms with Crippen molar-refractivity contribution in [3.8, 4) is 0 Å². The van der Waals surface area contributed by atoms with Gasteiger partial charge in [0.15, 0.2) is 5.78 Å². The highest BCUT2D eigenvalue weighted by molar-refractivity contribution is 6.22. The molecule has 1 aliphatic carbocycles. The van der Waals surface area contributed by atoms with Crippen LogP contribution in [0.4, 0.5) is 4.39 Å². The van der Waals surface area contributed by atoms with E-state index in [9.17, 15) is 9.18 Å². The predicted molar refractivity (Wildman–Crippen MR) is 98.3 cm³/mol. The molecule has 6 heteroatoms. The van der Waals surface area contributed by atoms with Crippen LogP contribution < -0.4 is 0 Å². The van der Waals surface area contributed by atoms with Gasteiger partial charge in [0.25, 0.3) is 0 Å². The van der Waals surface area contributed by atoms with Crippen molar-refractivity contribution in [2.45, 2.75) is 31.5 Å². The summed E-state index contributed by atoms with van der Waals surface area (Å²) in [5, 5.41) is 0. The van der Waals surface area contributed by atoms with Gasteiger partial charge in [0.05, 0.1) is 30.6 Å². The molecule has 0 spiro atoms. The summed E-state index contributed by atoms with van der Waals surface area (Å²) in [6, 6.07) is 6.02. The number of hydrogen-bond acceptors (Lipinski definition) is 5. The molecule has 2 fully saturated rings. The smallest absolute Gasteiger partial charge is 0.173 e. The summed E-state index contributed by atoms with van der Waals surface area (Å²) >= 11 is 0. The molecule has 0 amide bonds. The number of nitrogens with zero attached hydrogens (tertiary/aromatic N) is 1. The third-order valence-corrected chi connectivity index (χ3v) is 5.92. The molecule has 0 aromatic heterocycles. The Balaban J connectivity index is 1.48. The second-order valence-electron chi connectivity index (χ2n) is 7.61. The van der Waals surface area contributed by atoms with Crippen molar-refractivity contribution in [2.24, 2.45) is 11.8 Å². The Morgan fingerprint density at radius 3 is 2.85 bits per heavy atom. The molecule has 1 aromatic carbocycles. The Morgan fingerprint density at radius 2 is 2.07 bits per heavy atom. The second-order valence-corrected chi connectivity index (χ2v) is 7.61. The zero-order valence-corrected chi connectivity index (χ0v) is 15.6. The van der Waals surface area contributed by atoms with Gasteiger partial charge in [0.1, 0.15) is 11.9 Å². The summed E-state index contributed by atoms with van der Waals surface area (Å²) in [6.07, 6.45) is 4.18. The van der Waals surface area contributed by atoms with Crippen LogP contribution in [0.15, 0.2) is 30.5 Å². The van der Waals surface area contributed by atoms with Crippen LogP contribution in [-0.2, 0) is 19.0 Å². The lowest BCUT2D eigenvalue weighted by Crippen LogP contribution is -2.56. The maximum absolute atomic E-state index is 13.2. The van der Waals surface area contributed by atoms with Gasteiger partial charge in [-0.3, -0.25) is 9.69 Å². The van der Waals surface area contributed by atoms with Crippen molar-refractivity contribution >= 4 is 11.4 Å². The first kappa shape index (κ1) is 18.6. The molecule has 4 unspecified atom stereocenters. The van der Waals surface area contributed by atoms with E-state index >= 15 is 0 Å². The molecule has 0 N–H and O–H groups in total. The predicted octanol–water partition coefficient (Wildman–Crippen LogP) is 2.86. The Morgan fingerprint density at radius 1 is 1.26 bits per heavy atom.